The van der Waals surface area contributed by atoms with Gasteiger partial charge in [-0.3, -0.25) is 4.90 Å². The van der Waals surface area contributed by atoms with Gasteiger partial charge in [-0.05, 0) is 68.9 Å². The molecule has 0 aromatic rings. The maximum Gasteiger partial charge on any atom is 0.0113 e. The lowest BCUT2D eigenvalue weighted by atomic mass is 9.80. The molecular weight excluding hydrogens is 264 g/mol. The third-order valence-electron chi connectivity index (χ3n) is 5.62. The summed E-state index contributed by atoms with van der Waals surface area (Å²) in [5.41, 5.74) is 0. The lowest BCUT2D eigenvalue weighted by molar-refractivity contribution is 0.0113. The fraction of sp³-hybridized carbons (Fsp3) is 1.00. The standard InChI is InChI=1S/C17H32N2S/c1-2-8-18-15-11-16-4-3-5-17(12-15)19(16)13-14-6-9-20-10-7-14/h14-18H,2-13H2,1H3. The zero-order chi connectivity index (χ0) is 13.8. The van der Waals surface area contributed by atoms with Crippen LogP contribution in [0.2, 0.25) is 0 Å². The van der Waals surface area contributed by atoms with E-state index >= 15 is 0 Å². The molecule has 3 aliphatic heterocycles. The molecule has 20 heavy (non-hydrogen) atoms. The van der Waals surface area contributed by atoms with Crippen LogP contribution >= 0.6 is 11.8 Å². The average Bonchev–Trinajstić information content (AvgIpc) is 2.46. The van der Waals surface area contributed by atoms with Gasteiger partial charge in [0.25, 0.3) is 0 Å². The zero-order valence-corrected chi connectivity index (χ0v) is 14.0. The van der Waals surface area contributed by atoms with Crippen LogP contribution in [0.15, 0.2) is 0 Å². The highest BCUT2D eigenvalue weighted by atomic mass is 32.2. The Labute approximate surface area is 129 Å². The van der Waals surface area contributed by atoms with Gasteiger partial charge < -0.3 is 5.32 Å². The second-order valence-corrected chi connectivity index (χ2v) is 8.34. The van der Waals surface area contributed by atoms with Gasteiger partial charge in [0.05, 0.1) is 0 Å². The number of piperidine rings is 2. The Morgan fingerprint density at radius 3 is 2.40 bits per heavy atom. The fourth-order valence-electron chi connectivity index (χ4n) is 4.52. The van der Waals surface area contributed by atoms with E-state index in [1.807, 2.05) is 0 Å². The molecule has 0 spiro atoms. The van der Waals surface area contributed by atoms with Crippen LogP contribution in [0.25, 0.3) is 0 Å². The third kappa shape index (κ3) is 3.72. The monoisotopic (exact) mass is 296 g/mol. The molecule has 0 amide bonds. The summed E-state index contributed by atoms with van der Waals surface area (Å²) in [6.45, 7) is 4.91. The number of nitrogens with one attached hydrogen (secondary N) is 1. The van der Waals surface area contributed by atoms with Crippen molar-refractivity contribution in [1.29, 1.82) is 0 Å². The van der Waals surface area contributed by atoms with Crippen LogP contribution in [0.4, 0.5) is 0 Å². The number of fused-ring (bicyclic) bond motifs is 2. The van der Waals surface area contributed by atoms with E-state index in [1.165, 1.54) is 76.0 Å². The van der Waals surface area contributed by atoms with E-state index in [0.29, 0.717) is 0 Å². The summed E-state index contributed by atoms with van der Waals surface area (Å²) in [7, 11) is 0. The molecule has 3 heterocycles. The second kappa shape index (κ2) is 7.51. The molecule has 2 atom stereocenters. The van der Waals surface area contributed by atoms with Crippen molar-refractivity contribution in [2.75, 3.05) is 24.6 Å². The maximum atomic E-state index is 3.79. The summed E-state index contributed by atoms with van der Waals surface area (Å²) in [4.78, 5) is 2.94. The molecule has 3 saturated heterocycles. The van der Waals surface area contributed by atoms with Crippen molar-refractivity contribution in [2.24, 2.45) is 5.92 Å². The Morgan fingerprint density at radius 1 is 1.05 bits per heavy atom. The molecule has 3 fully saturated rings. The fourth-order valence-corrected chi connectivity index (χ4v) is 5.72. The molecule has 0 aliphatic carbocycles. The van der Waals surface area contributed by atoms with Crippen molar-refractivity contribution < 1.29 is 0 Å². The highest BCUT2D eigenvalue weighted by molar-refractivity contribution is 7.99. The number of thioether (sulfide) groups is 1. The van der Waals surface area contributed by atoms with Crippen molar-refractivity contribution in [1.82, 2.24) is 10.2 Å². The Morgan fingerprint density at radius 2 is 1.75 bits per heavy atom. The summed E-state index contributed by atoms with van der Waals surface area (Å²) < 4.78 is 0. The molecule has 3 rings (SSSR count). The van der Waals surface area contributed by atoms with E-state index in [-0.39, 0.29) is 0 Å². The van der Waals surface area contributed by atoms with Gasteiger partial charge in [0.1, 0.15) is 0 Å². The van der Waals surface area contributed by atoms with Crippen molar-refractivity contribution in [3.8, 4) is 0 Å². The van der Waals surface area contributed by atoms with E-state index < -0.39 is 0 Å². The predicted molar refractivity (Wildman–Crippen MR) is 89.5 cm³/mol. The maximum absolute atomic E-state index is 3.79. The summed E-state index contributed by atoms with van der Waals surface area (Å²) in [5, 5.41) is 3.79. The van der Waals surface area contributed by atoms with Gasteiger partial charge in [-0.25, -0.2) is 0 Å². The first kappa shape index (κ1) is 15.2. The number of rotatable bonds is 5. The lowest BCUT2D eigenvalue weighted by Gasteiger charge is -2.50. The van der Waals surface area contributed by atoms with E-state index in [1.54, 1.807) is 0 Å². The van der Waals surface area contributed by atoms with Gasteiger partial charge in [-0.15, -0.1) is 0 Å². The molecule has 0 aromatic carbocycles. The zero-order valence-electron chi connectivity index (χ0n) is 13.2. The summed E-state index contributed by atoms with van der Waals surface area (Å²) >= 11 is 2.16. The van der Waals surface area contributed by atoms with Gasteiger partial charge in [0, 0.05) is 24.7 Å². The van der Waals surface area contributed by atoms with E-state index in [9.17, 15) is 0 Å². The van der Waals surface area contributed by atoms with Crippen molar-refractivity contribution >= 4 is 11.8 Å². The van der Waals surface area contributed by atoms with Gasteiger partial charge in [-0.1, -0.05) is 13.3 Å². The van der Waals surface area contributed by atoms with Crippen molar-refractivity contribution in [3.05, 3.63) is 0 Å². The topological polar surface area (TPSA) is 15.3 Å². The van der Waals surface area contributed by atoms with Crippen LogP contribution in [-0.4, -0.2) is 47.6 Å². The van der Waals surface area contributed by atoms with Gasteiger partial charge in [0.15, 0.2) is 0 Å². The average molecular weight is 297 g/mol. The Kier molecular flexibility index (Phi) is 5.70. The first-order valence-electron chi connectivity index (χ1n) is 8.93. The van der Waals surface area contributed by atoms with Crippen LogP contribution in [0.1, 0.15) is 58.3 Å². The molecule has 2 bridgehead atoms. The van der Waals surface area contributed by atoms with Crippen LogP contribution < -0.4 is 5.32 Å². The minimum absolute atomic E-state index is 0.809. The number of hydrogen-bond donors (Lipinski definition) is 1. The lowest BCUT2D eigenvalue weighted by Crippen LogP contribution is -2.57. The van der Waals surface area contributed by atoms with E-state index in [2.05, 4.69) is 28.9 Å². The third-order valence-corrected chi connectivity index (χ3v) is 6.67. The Balaban J connectivity index is 1.55. The molecule has 0 saturated carbocycles. The first-order valence-corrected chi connectivity index (χ1v) is 10.1. The quantitative estimate of drug-likeness (QED) is 0.836. The highest BCUT2D eigenvalue weighted by Gasteiger charge is 2.38. The van der Waals surface area contributed by atoms with Crippen molar-refractivity contribution in [2.45, 2.75) is 76.4 Å². The Bertz CT molecular complexity index is 277. The Hall–Kier alpha value is 0.270. The summed E-state index contributed by atoms with van der Waals surface area (Å²) in [5.74, 6) is 3.82. The number of hydrogen-bond acceptors (Lipinski definition) is 3. The molecular formula is C17H32N2S. The van der Waals surface area contributed by atoms with Gasteiger partial charge >= 0.3 is 0 Å². The molecule has 0 aromatic heterocycles. The molecule has 2 unspecified atom stereocenters. The second-order valence-electron chi connectivity index (χ2n) is 7.11. The van der Waals surface area contributed by atoms with Crippen molar-refractivity contribution in [3.63, 3.8) is 0 Å². The van der Waals surface area contributed by atoms with Gasteiger partial charge in [0.2, 0.25) is 0 Å². The molecule has 2 nitrogen and oxygen atoms in total. The van der Waals surface area contributed by atoms with E-state index in [4.69, 9.17) is 0 Å². The van der Waals surface area contributed by atoms with Crippen LogP contribution in [0.3, 0.4) is 0 Å². The van der Waals surface area contributed by atoms with Gasteiger partial charge in [-0.2, -0.15) is 11.8 Å². The summed E-state index contributed by atoms with van der Waals surface area (Å²) in [6, 6.07) is 2.60. The molecule has 0 radical (unpaired) electrons. The van der Waals surface area contributed by atoms with Crippen LogP contribution in [0, 0.1) is 5.92 Å². The van der Waals surface area contributed by atoms with E-state index in [0.717, 1.165) is 24.0 Å². The minimum atomic E-state index is 0.809. The summed E-state index contributed by atoms with van der Waals surface area (Å²) in [6.07, 6.45) is 11.4. The smallest absolute Gasteiger partial charge is 0.0113 e. The van der Waals surface area contributed by atoms with Crippen LogP contribution in [0.5, 0.6) is 0 Å². The molecule has 3 heteroatoms. The molecule has 116 valence electrons. The number of nitrogens with zero attached hydrogens (tertiary/aromatic N) is 1. The molecule has 1 N–H and O–H groups in total. The SMILES string of the molecule is CCCNC1CC2CCCC(C1)N2CC1CCSCC1. The highest BCUT2D eigenvalue weighted by Crippen LogP contribution is 2.36. The minimum Gasteiger partial charge on any atom is -0.314 e. The molecule has 3 aliphatic rings. The largest absolute Gasteiger partial charge is 0.314 e. The first-order chi connectivity index (χ1) is 9.86. The normalized spacial score (nSPS) is 36.1. The predicted octanol–water partition coefficient (Wildman–Crippen LogP) is 3.51. The van der Waals surface area contributed by atoms with Crippen LogP contribution in [-0.2, 0) is 0 Å².